The molecule has 6 heteroatoms. The first-order valence-corrected chi connectivity index (χ1v) is 5.73. The van der Waals surface area contributed by atoms with Gasteiger partial charge in [-0.2, -0.15) is 0 Å². The number of carbonyl (C=O) groups is 2. The van der Waals surface area contributed by atoms with E-state index < -0.39 is 12.0 Å². The molecular weight excluding hydrogens is 248 g/mol. The molecular formula is C13H16N2O4. The van der Waals surface area contributed by atoms with E-state index in [-0.39, 0.29) is 11.3 Å². The Bertz CT molecular complexity index is 497. The lowest BCUT2D eigenvalue weighted by atomic mass is 10.2. The predicted molar refractivity (Wildman–Crippen MR) is 71.1 cm³/mol. The van der Waals surface area contributed by atoms with E-state index in [9.17, 15) is 14.7 Å². The van der Waals surface area contributed by atoms with Crippen molar-refractivity contribution in [3.8, 4) is 5.75 Å². The highest BCUT2D eigenvalue weighted by atomic mass is 16.4. The van der Waals surface area contributed by atoms with Crippen molar-refractivity contribution in [2.75, 3.05) is 11.9 Å². The molecule has 0 bridgehead atoms. The van der Waals surface area contributed by atoms with Crippen LogP contribution in [0.5, 0.6) is 5.75 Å². The number of carbonyl (C=O) groups excluding carboxylic acids is 1. The zero-order valence-corrected chi connectivity index (χ0v) is 10.5. The standard InChI is InChI=1S/C13H16N2O4/c1-9(12(17)18)5-4-8-14-13(19)15-10-6-2-3-7-11(10)16/h2-3,5-7,16H,4,8H2,1H3,(H,17,18)(H2,14,15,19). The number of carboxylic acids is 1. The summed E-state index contributed by atoms with van der Waals surface area (Å²) in [6, 6.07) is 5.92. The number of carboxylic acid groups (broad SMARTS) is 1. The number of hydrogen-bond donors (Lipinski definition) is 4. The van der Waals surface area contributed by atoms with Gasteiger partial charge >= 0.3 is 12.0 Å². The van der Waals surface area contributed by atoms with Crippen LogP contribution in [-0.2, 0) is 4.79 Å². The second kappa shape index (κ2) is 7.05. The lowest BCUT2D eigenvalue weighted by molar-refractivity contribution is -0.132. The average molecular weight is 264 g/mol. The quantitative estimate of drug-likeness (QED) is 0.371. The Labute approximate surface area is 110 Å². The molecule has 0 aliphatic heterocycles. The largest absolute Gasteiger partial charge is 0.506 e. The Balaban J connectivity index is 2.35. The van der Waals surface area contributed by atoms with E-state index in [2.05, 4.69) is 10.6 Å². The molecule has 0 aliphatic rings. The van der Waals surface area contributed by atoms with Gasteiger partial charge in [0.05, 0.1) is 5.69 Å². The molecule has 0 atom stereocenters. The third kappa shape index (κ3) is 5.12. The molecule has 4 N–H and O–H groups in total. The van der Waals surface area contributed by atoms with Crippen LogP contribution in [0.25, 0.3) is 0 Å². The Morgan fingerprint density at radius 2 is 2.00 bits per heavy atom. The maximum absolute atomic E-state index is 11.5. The molecule has 0 radical (unpaired) electrons. The average Bonchev–Trinajstić information content (AvgIpc) is 2.37. The summed E-state index contributed by atoms with van der Waals surface area (Å²) in [6.45, 7) is 1.80. The first-order chi connectivity index (χ1) is 9.00. The van der Waals surface area contributed by atoms with E-state index in [0.717, 1.165) is 0 Å². The number of hydrogen-bond acceptors (Lipinski definition) is 3. The molecule has 0 heterocycles. The summed E-state index contributed by atoms with van der Waals surface area (Å²) < 4.78 is 0. The predicted octanol–water partition coefficient (Wildman–Crippen LogP) is 1.93. The molecule has 1 aromatic rings. The van der Waals surface area contributed by atoms with Crippen molar-refractivity contribution < 1.29 is 19.8 Å². The number of phenolic OH excluding ortho intramolecular Hbond substituents is 1. The molecule has 6 nitrogen and oxygen atoms in total. The zero-order chi connectivity index (χ0) is 14.3. The molecule has 1 rings (SSSR count). The van der Waals surface area contributed by atoms with Crippen LogP contribution < -0.4 is 10.6 Å². The molecule has 0 saturated carbocycles. The summed E-state index contributed by atoms with van der Waals surface area (Å²) in [5.74, 6) is -0.988. The van der Waals surface area contributed by atoms with Gasteiger partial charge in [-0.15, -0.1) is 0 Å². The SMILES string of the molecule is CC(=CCCNC(=O)Nc1ccccc1O)C(=O)O. The van der Waals surface area contributed by atoms with Gasteiger partial charge < -0.3 is 20.8 Å². The number of rotatable bonds is 5. The van der Waals surface area contributed by atoms with Gasteiger partial charge in [0.15, 0.2) is 0 Å². The van der Waals surface area contributed by atoms with E-state index >= 15 is 0 Å². The van der Waals surface area contributed by atoms with Gasteiger partial charge in [0.1, 0.15) is 5.75 Å². The fourth-order valence-electron chi connectivity index (χ4n) is 1.31. The lowest BCUT2D eigenvalue weighted by Gasteiger charge is -2.07. The number of phenols is 1. The van der Waals surface area contributed by atoms with E-state index in [1.165, 1.54) is 19.1 Å². The first-order valence-electron chi connectivity index (χ1n) is 5.73. The van der Waals surface area contributed by atoms with Crippen molar-refractivity contribution in [1.82, 2.24) is 5.32 Å². The van der Waals surface area contributed by atoms with Crippen LogP contribution in [-0.4, -0.2) is 28.8 Å². The summed E-state index contributed by atoms with van der Waals surface area (Å²) in [6.07, 6.45) is 1.95. The molecule has 2 amide bonds. The van der Waals surface area contributed by atoms with Gasteiger partial charge in [0.25, 0.3) is 0 Å². The number of nitrogens with one attached hydrogen (secondary N) is 2. The molecule has 0 aliphatic carbocycles. The zero-order valence-electron chi connectivity index (χ0n) is 10.5. The highest BCUT2D eigenvalue weighted by Gasteiger charge is 2.04. The third-order valence-corrected chi connectivity index (χ3v) is 2.37. The molecule has 102 valence electrons. The summed E-state index contributed by atoms with van der Waals surface area (Å²) in [7, 11) is 0. The Kier molecular flexibility index (Phi) is 5.40. The molecule has 1 aromatic carbocycles. The summed E-state index contributed by atoms with van der Waals surface area (Å²) in [5.41, 5.74) is 0.556. The molecule has 0 fully saturated rings. The first kappa shape index (κ1) is 14.6. The Hall–Kier alpha value is -2.50. The van der Waals surface area contributed by atoms with Crippen molar-refractivity contribution in [3.05, 3.63) is 35.9 Å². The van der Waals surface area contributed by atoms with Crippen LogP contribution in [0.2, 0.25) is 0 Å². The van der Waals surface area contributed by atoms with E-state index in [4.69, 9.17) is 5.11 Å². The van der Waals surface area contributed by atoms with E-state index in [0.29, 0.717) is 18.7 Å². The van der Waals surface area contributed by atoms with Crippen LogP contribution in [0.15, 0.2) is 35.9 Å². The van der Waals surface area contributed by atoms with Gasteiger partial charge in [0.2, 0.25) is 0 Å². The minimum Gasteiger partial charge on any atom is -0.506 e. The molecule has 19 heavy (non-hydrogen) atoms. The highest BCUT2D eigenvalue weighted by molar-refractivity contribution is 5.90. The minimum absolute atomic E-state index is 0.0146. The van der Waals surface area contributed by atoms with Gasteiger partial charge in [0, 0.05) is 12.1 Å². The van der Waals surface area contributed by atoms with Gasteiger partial charge in [-0.05, 0) is 25.5 Å². The maximum atomic E-state index is 11.5. The number of aliphatic carboxylic acids is 1. The van der Waals surface area contributed by atoms with E-state index in [1.54, 1.807) is 18.2 Å². The monoisotopic (exact) mass is 264 g/mol. The highest BCUT2D eigenvalue weighted by Crippen LogP contribution is 2.20. The number of anilines is 1. The molecule has 0 unspecified atom stereocenters. The van der Waals surface area contributed by atoms with E-state index in [1.807, 2.05) is 0 Å². The Morgan fingerprint density at radius 3 is 2.63 bits per heavy atom. The molecule has 0 spiro atoms. The number of urea groups is 1. The maximum Gasteiger partial charge on any atom is 0.330 e. The molecule has 0 aromatic heterocycles. The topological polar surface area (TPSA) is 98.7 Å². The fraction of sp³-hybridized carbons (Fsp3) is 0.231. The Morgan fingerprint density at radius 1 is 1.32 bits per heavy atom. The van der Waals surface area contributed by atoms with Crippen LogP contribution in [0.3, 0.4) is 0 Å². The number of amides is 2. The van der Waals surface area contributed by atoms with Crippen molar-refractivity contribution >= 4 is 17.7 Å². The van der Waals surface area contributed by atoms with Crippen molar-refractivity contribution in [3.63, 3.8) is 0 Å². The summed E-state index contributed by atoms with van der Waals surface area (Å²) >= 11 is 0. The van der Waals surface area contributed by atoms with Crippen LogP contribution in [0, 0.1) is 0 Å². The van der Waals surface area contributed by atoms with Crippen LogP contribution in [0.1, 0.15) is 13.3 Å². The molecule has 0 saturated heterocycles. The van der Waals surface area contributed by atoms with Crippen molar-refractivity contribution in [2.24, 2.45) is 0 Å². The van der Waals surface area contributed by atoms with Gasteiger partial charge in [-0.1, -0.05) is 18.2 Å². The summed E-state index contributed by atoms with van der Waals surface area (Å²) in [4.78, 5) is 22.0. The number of benzene rings is 1. The normalized spacial score (nSPS) is 10.9. The number of aromatic hydroxyl groups is 1. The minimum atomic E-state index is -0.973. The smallest absolute Gasteiger partial charge is 0.330 e. The van der Waals surface area contributed by atoms with Crippen LogP contribution in [0.4, 0.5) is 10.5 Å². The summed E-state index contributed by atoms with van der Waals surface area (Å²) in [5, 5.41) is 23.1. The van der Waals surface area contributed by atoms with Crippen molar-refractivity contribution in [2.45, 2.75) is 13.3 Å². The van der Waals surface area contributed by atoms with Gasteiger partial charge in [-0.25, -0.2) is 9.59 Å². The second-order valence-corrected chi connectivity index (χ2v) is 3.88. The third-order valence-electron chi connectivity index (χ3n) is 2.37. The number of para-hydroxylation sites is 2. The second-order valence-electron chi connectivity index (χ2n) is 3.88. The fourth-order valence-corrected chi connectivity index (χ4v) is 1.31. The van der Waals surface area contributed by atoms with Gasteiger partial charge in [-0.3, -0.25) is 0 Å². The van der Waals surface area contributed by atoms with Crippen molar-refractivity contribution in [1.29, 1.82) is 0 Å². The lowest BCUT2D eigenvalue weighted by Crippen LogP contribution is -2.29. The van der Waals surface area contributed by atoms with Crippen LogP contribution >= 0.6 is 0 Å².